The summed E-state index contributed by atoms with van der Waals surface area (Å²) < 4.78 is 37.5. The van der Waals surface area contributed by atoms with Crippen LogP contribution in [0.5, 0.6) is 0 Å². The maximum Gasteiger partial charge on any atom is 0.433 e. The van der Waals surface area contributed by atoms with Gasteiger partial charge in [0, 0.05) is 12.7 Å². The number of anilines is 1. The molecule has 0 aliphatic heterocycles. The number of hydrogen-bond donors (Lipinski definition) is 2. The Bertz CT molecular complexity index is 472. The first-order chi connectivity index (χ1) is 8.34. The van der Waals surface area contributed by atoms with Crippen LogP contribution in [0.1, 0.15) is 25.1 Å². The Hall–Kier alpha value is -1.74. The van der Waals surface area contributed by atoms with Gasteiger partial charge in [-0.3, -0.25) is 4.98 Å². The largest absolute Gasteiger partial charge is 0.433 e. The Balaban J connectivity index is 3.17. The van der Waals surface area contributed by atoms with Crippen molar-refractivity contribution in [3.05, 3.63) is 23.5 Å². The monoisotopic (exact) mass is 258 g/mol. The van der Waals surface area contributed by atoms with Crippen molar-refractivity contribution >= 4 is 5.69 Å². The minimum atomic E-state index is -4.49. The molecule has 98 valence electrons. The molecule has 18 heavy (non-hydrogen) atoms. The lowest BCUT2D eigenvalue weighted by Gasteiger charge is -2.10. The van der Waals surface area contributed by atoms with Gasteiger partial charge >= 0.3 is 6.18 Å². The molecule has 0 aromatic carbocycles. The number of aliphatic hydroxyl groups excluding tert-OH is 1. The molecule has 3 nitrogen and oxygen atoms in total. The van der Waals surface area contributed by atoms with Gasteiger partial charge in [-0.05, 0) is 19.9 Å². The van der Waals surface area contributed by atoms with E-state index in [-0.39, 0.29) is 5.69 Å². The van der Waals surface area contributed by atoms with Gasteiger partial charge in [-0.15, -0.1) is 0 Å². The molecule has 0 bridgehead atoms. The molecular formula is C12H13F3N2O. The zero-order valence-electron chi connectivity index (χ0n) is 9.97. The van der Waals surface area contributed by atoms with E-state index >= 15 is 0 Å². The van der Waals surface area contributed by atoms with E-state index in [1.165, 1.54) is 6.92 Å². The zero-order valence-corrected chi connectivity index (χ0v) is 9.97. The van der Waals surface area contributed by atoms with Gasteiger partial charge in [-0.1, -0.05) is 11.8 Å². The number of nitrogens with zero attached hydrogens (tertiary/aromatic N) is 1. The van der Waals surface area contributed by atoms with Crippen molar-refractivity contribution < 1.29 is 18.3 Å². The summed E-state index contributed by atoms with van der Waals surface area (Å²) in [5.74, 6) is 5.05. The van der Waals surface area contributed by atoms with Gasteiger partial charge in [0.05, 0.1) is 11.3 Å². The highest BCUT2D eigenvalue weighted by molar-refractivity contribution is 5.59. The third-order valence-corrected chi connectivity index (χ3v) is 1.98. The maximum atomic E-state index is 12.5. The summed E-state index contributed by atoms with van der Waals surface area (Å²) in [5, 5.41) is 11.8. The Labute approximate surface area is 103 Å². The Morgan fingerprint density at radius 3 is 2.67 bits per heavy atom. The number of halogens is 3. The van der Waals surface area contributed by atoms with Gasteiger partial charge in [0.2, 0.25) is 0 Å². The van der Waals surface area contributed by atoms with Gasteiger partial charge in [-0.2, -0.15) is 13.2 Å². The molecule has 0 fully saturated rings. The smallest absolute Gasteiger partial charge is 0.384 e. The molecule has 1 aromatic heterocycles. The second kappa shape index (κ2) is 5.74. The summed E-state index contributed by atoms with van der Waals surface area (Å²) >= 11 is 0. The summed E-state index contributed by atoms with van der Waals surface area (Å²) in [6.07, 6.45) is -4.28. The molecule has 1 unspecified atom stereocenters. The van der Waals surface area contributed by atoms with Gasteiger partial charge in [0.15, 0.2) is 0 Å². The van der Waals surface area contributed by atoms with Crippen LogP contribution < -0.4 is 5.32 Å². The van der Waals surface area contributed by atoms with Gasteiger partial charge in [0.1, 0.15) is 11.8 Å². The summed E-state index contributed by atoms with van der Waals surface area (Å²) in [4.78, 5) is 3.32. The van der Waals surface area contributed by atoms with E-state index in [0.29, 0.717) is 12.1 Å². The standard InChI is InChI=1S/C12H13F3N2O/c1-3-16-10-6-11(12(13,14)15)17-7-9(10)5-4-8(2)18/h6-8,18H,3H2,1-2H3,(H,16,17). The number of pyridine rings is 1. The molecule has 0 saturated heterocycles. The van der Waals surface area contributed by atoms with Gasteiger partial charge in [-0.25, -0.2) is 0 Å². The van der Waals surface area contributed by atoms with Crippen LogP contribution in [-0.2, 0) is 6.18 Å². The predicted octanol–water partition coefficient (Wildman–Crippen LogP) is 2.26. The summed E-state index contributed by atoms with van der Waals surface area (Å²) in [6.45, 7) is 3.70. The highest BCUT2D eigenvalue weighted by Crippen LogP contribution is 2.30. The lowest BCUT2D eigenvalue weighted by molar-refractivity contribution is -0.141. The quantitative estimate of drug-likeness (QED) is 0.800. The van der Waals surface area contributed by atoms with Crippen LogP contribution in [-0.4, -0.2) is 22.7 Å². The third-order valence-electron chi connectivity index (χ3n) is 1.98. The summed E-state index contributed by atoms with van der Waals surface area (Å²) in [7, 11) is 0. The van der Waals surface area contributed by atoms with E-state index in [9.17, 15) is 13.2 Å². The molecule has 0 aliphatic rings. The highest BCUT2D eigenvalue weighted by atomic mass is 19.4. The molecular weight excluding hydrogens is 245 g/mol. The first-order valence-corrected chi connectivity index (χ1v) is 5.35. The third kappa shape index (κ3) is 3.93. The Kier molecular flexibility index (Phi) is 4.56. The van der Waals surface area contributed by atoms with Crippen molar-refractivity contribution in [3.63, 3.8) is 0 Å². The number of aromatic nitrogens is 1. The van der Waals surface area contributed by atoms with E-state index in [1.54, 1.807) is 6.92 Å². The van der Waals surface area contributed by atoms with E-state index < -0.39 is 18.0 Å². The molecule has 0 aliphatic carbocycles. The lowest BCUT2D eigenvalue weighted by atomic mass is 10.2. The molecule has 0 spiro atoms. The van der Waals surface area contributed by atoms with Crippen LogP contribution in [0, 0.1) is 11.8 Å². The average Bonchev–Trinajstić information content (AvgIpc) is 2.26. The fourth-order valence-electron chi connectivity index (χ4n) is 1.23. The normalized spacial score (nSPS) is 12.6. The minimum absolute atomic E-state index is 0.257. The van der Waals surface area contributed by atoms with E-state index in [1.807, 2.05) is 0 Å². The van der Waals surface area contributed by atoms with Crippen molar-refractivity contribution in [2.24, 2.45) is 0 Å². The van der Waals surface area contributed by atoms with Crippen LogP contribution >= 0.6 is 0 Å². The fourth-order valence-corrected chi connectivity index (χ4v) is 1.23. The molecule has 1 aromatic rings. The molecule has 0 radical (unpaired) electrons. The van der Waals surface area contributed by atoms with Crippen molar-refractivity contribution in [1.29, 1.82) is 0 Å². The van der Waals surface area contributed by atoms with Crippen LogP contribution in [0.15, 0.2) is 12.3 Å². The van der Waals surface area contributed by atoms with Gasteiger partial charge in [0.25, 0.3) is 0 Å². The molecule has 6 heteroatoms. The molecule has 1 rings (SSSR count). The first-order valence-electron chi connectivity index (χ1n) is 5.35. The molecule has 1 heterocycles. The number of aliphatic hydroxyl groups is 1. The maximum absolute atomic E-state index is 12.5. The molecule has 0 saturated carbocycles. The molecule has 0 amide bonds. The second-order valence-electron chi connectivity index (χ2n) is 3.59. The van der Waals surface area contributed by atoms with E-state index in [4.69, 9.17) is 5.11 Å². The van der Waals surface area contributed by atoms with Crippen molar-refractivity contribution in [3.8, 4) is 11.8 Å². The van der Waals surface area contributed by atoms with Crippen LogP contribution in [0.4, 0.5) is 18.9 Å². The topological polar surface area (TPSA) is 45.2 Å². The summed E-state index contributed by atoms with van der Waals surface area (Å²) in [6, 6.07) is 0.912. The Morgan fingerprint density at radius 1 is 1.50 bits per heavy atom. The molecule has 2 N–H and O–H groups in total. The number of rotatable bonds is 2. The lowest BCUT2D eigenvalue weighted by Crippen LogP contribution is -2.10. The predicted molar refractivity (Wildman–Crippen MR) is 62.0 cm³/mol. The van der Waals surface area contributed by atoms with Crippen LogP contribution in [0.25, 0.3) is 0 Å². The fraction of sp³-hybridized carbons (Fsp3) is 0.417. The zero-order chi connectivity index (χ0) is 13.8. The van der Waals surface area contributed by atoms with E-state index in [0.717, 1.165) is 12.3 Å². The molecule has 1 atom stereocenters. The average molecular weight is 258 g/mol. The van der Waals surface area contributed by atoms with Crippen LogP contribution in [0.2, 0.25) is 0 Å². The van der Waals surface area contributed by atoms with E-state index in [2.05, 4.69) is 22.1 Å². The minimum Gasteiger partial charge on any atom is -0.384 e. The Morgan fingerprint density at radius 2 is 2.17 bits per heavy atom. The van der Waals surface area contributed by atoms with Crippen LogP contribution in [0.3, 0.4) is 0 Å². The van der Waals surface area contributed by atoms with Crippen molar-refractivity contribution in [1.82, 2.24) is 4.98 Å². The van der Waals surface area contributed by atoms with Gasteiger partial charge < -0.3 is 10.4 Å². The number of nitrogens with one attached hydrogen (secondary N) is 1. The first kappa shape index (κ1) is 14.3. The highest BCUT2D eigenvalue weighted by Gasteiger charge is 2.32. The number of hydrogen-bond acceptors (Lipinski definition) is 3. The number of alkyl halides is 3. The van der Waals surface area contributed by atoms with Crippen molar-refractivity contribution in [2.75, 3.05) is 11.9 Å². The second-order valence-corrected chi connectivity index (χ2v) is 3.59. The summed E-state index contributed by atoms with van der Waals surface area (Å²) in [5.41, 5.74) is -0.389. The SMILES string of the molecule is CCNc1cc(C(F)(F)F)ncc1C#CC(C)O. The van der Waals surface area contributed by atoms with Crippen molar-refractivity contribution in [2.45, 2.75) is 26.1 Å².